The molecule has 2 aromatic heterocycles. The van der Waals surface area contributed by atoms with Crippen LogP contribution < -0.4 is 0 Å². The van der Waals surface area contributed by atoms with E-state index in [1.54, 1.807) is 4.68 Å². The van der Waals surface area contributed by atoms with Gasteiger partial charge in [0.25, 0.3) is 0 Å². The van der Waals surface area contributed by atoms with E-state index in [1.807, 2.05) is 18.5 Å². The second-order valence-electron chi connectivity index (χ2n) is 3.15. The summed E-state index contributed by atoms with van der Waals surface area (Å²) in [5, 5.41) is 15.9. The van der Waals surface area contributed by atoms with E-state index >= 15 is 0 Å². The largest absolute Gasteiger partial charge is 0.387 e. The van der Waals surface area contributed by atoms with Gasteiger partial charge in [0.05, 0.1) is 6.10 Å². The molecule has 0 aliphatic heterocycles. The number of rotatable bonds is 3. The molecule has 0 aliphatic carbocycles. The predicted octanol–water partition coefficient (Wildman–Crippen LogP) is 1.92. The van der Waals surface area contributed by atoms with Crippen LogP contribution in [-0.2, 0) is 13.5 Å². The molecule has 0 spiro atoms. The first-order chi connectivity index (χ1) is 7.18. The van der Waals surface area contributed by atoms with Gasteiger partial charge in [-0.05, 0) is 27.4 Å². The van der Waals surface area contributed by atoms with Gasteiger partial charge in [-0.2, -0.15) is 5.10 Å². The van der Waals surface area contributed by atoms with Crippen molar-refractivity contribution < 1.29 is 5.11 Å². The third-order valence-corrected chi connectivity index (χ3v) is 4.10. The number of nitrogens with zero attached hydrogens (tertiary/aromatic N) is 3. The molecule has 6 heteroatoms. The minimum Gasteiger partial charge on any atom is -0.387 e. The highest BCUT2D eigenvalue weighted by Crippen LogP contribution is 2.30. The van der Waals surface area contributed by atoms with E-state index in [1.165, 1.54) is 17.7 Å². The van der Waals surface area contributed by atoms with Crippen molar-refractivity contribution in [3.63, 3.8) is 0 Å². The standard InChI is InChI=1S/C9H10BrN3OS/c1-13-8(11-5-12-13)4-7(14)9-6(10)2-3-15-9/h2-3,5,7,14H,4H2,1H3. The molecule has 1 unspecified atom stereocenters. The Morgan fingerprint density at radius 2 is 2.47 bits per heavy atom. The van der Waals surface area contributed by atoms with Crippen molar-refractivity contribution in [2.75, 3.05) is 0 Å². The zero-order valence-corrected chi connectivity index (χ0v) is 10.5. The summed E-state index contributed by atoms with van der Waals surface area (Å²) in [6.45, 7) is 0. The Kier molecular flexibility index (Phi) is 3.18. The maximum absolute atomic E-state index is 9.99. The van der Waals surface area contributed by atoms with Crippen LogP contribution in [0.25, 0.3) is 0 Å². The first-order valence-electron chi connectivity index (χ1n) is 4.42. The van der Waals surface area contributed by atoms with Crippen LogP contribution in [0.5, 0.6) is 0 Å². The molecule has 4 nitrogen and oxygen atoms in total. The van der Waals surface area contributed by atoms with Crippen LogP contribution in [0.3, 0.4) is 0 Å². The van der Waals surface area contributed by atoms with Gasteiger partial charge in [-0.15, -0.1) is 11.3 Å². The van der Waals surface area contributed by atoms with E-state index < -0.39 is 6.10 Å². The minimum absolute atomic E-state index is 0.482. The molecule has 2 rings (SSSR count). The van der Waals surface area contributed by atoms with Gasteiger partial charge in [0, 0.05) is 22.8 Å². The number of hydrogen-bond acceptors (Lipinski definition) is 4. The summed E-state index contributed by atoms with van der Waals surface area (Å²) in [6, 6.07) is 1.93. The fourth-order valence-corrected chi connectivity index (χ4v) is 2.94. The Hall–Kier alpha value is -0.720. The number of hydrogen-bond donors (Lipinski definition) is 1. The summed E-state index contributed by atoms with van der Waals surface area (Å²) in [6.07, 6.45) is 1.45. The zero-order chi connectivity index (χ0) is 10.8. The summed E-state index contributed by atoms with van der Waals surface area (Å²) in [5.41, 5.74) is 0. The number of aryl methyl sites for hydroxylation is 1. The van der Waals surface area contributed by atoms with E-state index in [9.17, 15) is 5.11 Å². The zero-order valence-electron chi connectivity index (χ0n) is 8.09. The highest BCUT2D eigenvalue weighted by atomic mass is 79.9. The summed E-state index contributed by atoms with van der Waals surface area (Å²) in [4.78, 5) is 5.01. The number of aliphatic hydroxyl groups is 1. The van der Waals surface area contributed by atoms with Gasteiger partial charge in [0.15, 0.2) is 0 Å². The topological polar surface area (TPSA) is 50.9 Å². The van der Waals surface area contributed by atoms with Gasteiger partial charge in [-0.1, -0.05) is 0 Å². The maximum Gasteiger partial charge on any atom is 0.138 e. The van der Waals surface area contributed by atoms with Crippen molar-refractivity contribution >= 4 is 27.3 Å². The number of halogens is 1. The molecule has 0 saturated heterocycles. The van der Waals surface area contributed by atoms with E-state index in [0.717, 1.165) is 15.2 Å². The molecule has 80 valence electrons. The summed E-state index contributed by atoms with van der Waals surface area (Å²) >= 11 is 4.93. The average molecular weight is 288 g/mol. The smallest absolute Gasteiger partial charge is 0.138 e. The Morgan fingerprint density at radius 1 is 1.67 bits per heavy atom. The lowest BCUT2D eigenvalue weighted by Gasteiger charge is -2.08. The van der Waals surface area contributed by atoms with Gasteiger partial charge >= 0.3 is 0 Å². The van der Waals surface area contributed by atoms with Crippen molar-refractivity contribution in [3.05, 3.63) is 32.9 Å². The summed E-state index contributed by atoms with van der Waals surface area (Å²) in [7, 11) is 1.82. The molecule has 2 aromatic rings. The molecule has 2 heterocycles. The van der Waals surface area contributed by atoms with Gasteiger partial charge < -0.3 is 5.11 Å². The first-order valence-corrected chi connectivity index (χ1v) is 6.09. The molecular formula is C9H10BrN3OS. The molecule has 1 N–H and O–H groups in total. The number of thiophene rings is 1. The highest BCUT2D eigenvalue weighted by Gasteiger charge is 2.15. The number of aliphatic hydroxyl groups excluding tert-OH is 1. The third kappa shape index (κ3) is 2.27. The van der Waals surface area contributed by atoms with E-state index in [-0.39, 0.29) is 0 Å². The quantitative estimate of drug-likeness (QED) is 0.938. The van der Waals surface area contributed by atoms with Crippen LogP contribution in [0.15, 0.2) is 22.2 Å². The molecule has 0 radical (unpaired) electrons. The Morgan fingerprint density at radius 3 is 3.00 bits per heavy atom. The lowest BCUT2D eigenvalue weighted by molar-refractivity contribution is 0.177. The van der Waals surface area contributed by atoms with Crippen molar-refractivity contribution in [2.24, 2.45) is 7.05 Å². The Labute approximate surface area is 99.7 Å². The fourth-order valence-electron chi connectivity index (χ4n) is 1.31. The Bertz CT molecular complexity index is 454. The van der Waals surface area contributed by atoms with Gasteiger partial charge in [0.2, 0.25) is 0 Å². The summed E-state index contributed by atoms with van der Waals surface area (Å²) < 4.78 is 2.62. The molecule has 15 heavy (non-hydrogen) atoms. The molecule has 0 amide bonds. The number of aromatic nitrogens is 3. The van der Waals surface area contributed by atoms with Crippen molar-refractivity contribution in [1.29, 1.82) is 0 Å². The van der Waals surface area contributed by atoms with Crippen molar-refractivity contribution in [1.82, 2.24) is 14.8 Å². The highest BCUT2D eigenvalue weighted by molar-refractivity contribution is 9.10. The van der Waals surface area contributed by atoms with Gasteiger partial charge in [0.1, 0.15) is 12.2 Å². The van der Waals surface area contributed by atoms with Crippen LogP contribution in [-0.4, -0.2) is 19.9 Å². The monoisotopic (exact) mass is 287 g/mol. The third-order valence-electron chi connectivity index (χ3n) is 2.13. The molecule has 0 fully saturated rings. The average Bonchev–Trinajstić information content (AvgIpc) is 2.76. The van der Waals surface area contributed by atoms with Gasteiger partial charge in [-0.3, -0.25) is 4.68 Å². The Balaban J connectivity index is 2.14. The van der Waals surface area contributed by atoms with Crippen LogP contribution in [0.1, 0.15) is 16.8 Å². The molecular weight excluding hydrogens is 278 g/mol. The minimum atomic E-state index is -0.526. The second-order valence-corrected chi connectivity index (χ2v) is 4.95. The first kappa shape index (κ1) is 10.8. The van der Waals surface area contributed by atoms with Crippen LogP contribution in [0.4, 0.5) is 0 Å². The van der Waals surface area contributed by atoms with Crippen LogP contribution in [0, 0.1) is 0 Å². The molecule has 0 saturated carbocycles. The van der Waals surface area contributed by atoms with E-state index in [4.69, 9.17) is 0 Å². The normalized spacial score (nSPS) is 13.0. The van der Waals surface area contributed by atoms with Crippen molar-refractivity contribution in [3.8, 4) is 0 Å². The molecule has 1 atom stereocenters. The van der Waals surface area contributed by atoms with Crippen LogP contribution >= 0.6 is 27.3 Å². The van der Waals surface area contributed by atoms with Gasteiger partial charge in [-0.25, -0.2) is 4.98 Å². The predicted molar refractivity (Wildman–Crippen MR) is 61.7 cm³/mol. The fraction of sp³-hybridized carbons (Fsp3) is 0.333. The molecule has 0 aliphatic rings. The van der Waals surface area contributed by atoms with Crippen LogP contribution in [0.2, 0.25) is 0 Å². The SMILES string of the molecule is Cn1ncnc1CC(O)c1sccc1Br. The molecule has 0 bridgehead atoms. The summed E-state index contributed by atoms with van der Waals surface area (Å²) in [5.74, 6) is 0.780. The second kappa shape index (κ2) is 4.42. The van der Waals surface area contributed by atoms with E-state index in [2.05, 4.69) is 26.0 Å². The lowest BCUT2D eigenvalue weighted by Crippen LogP contribution is -2.06. The van der Waals surface area contributed by atoms with Crippen molar-refractivity contribution in [2.45, 2.75) is 12.5 Å². The molecule has 0 aromatic carbocycles. The maximum atomic E-state index is 9.99. The van der Waals surface area contributed by atoms with E-state index in [0.29, 0.717) is 6.42 Å². The lowest BCUT2D eigenvalue weighted by atomic mass is 10.2.